The third kappa shape index (κ3) is 5.65. The van der Waals surface area contributed by atoms with Crippen LogP contribution in [0.1, 0.15) is 34.3 Å². The number of likely N-dealkylation sites (tertiary alicyclic amines) is 1. The summed E-state index contributed by atoms with van der Waals surface area (Å²) in [5, 5.41) is 8.34. The highest BCUT2D eigenvalue weighted by molar-refractivity contribution is 6.30. The zero-order chi connectivity index (χ0) is 25.8. The standard InChI is InChI=1S/C30H27ClN4O2/c1-21-9-11-23(12-10-21)29(36)32-27(30(37)34-17-5-6-18-34)19-24-20-35(26-7-3-2-4-8-26)33-28(24)22-13-15-25(31)16-14-22/h2-4,7-16,19-20H,5-6,17-18H2,1H3,(H,32,36). The molecule has 0 radical (unpaired) electrons. The van der Waals surface area contributed by atoms with Gasteiger partial charge < -0.3 is 10.2 Å². The molecule has 0 bridgehead atoms. The SMILES string of the molecule is Cc1ccc(C(=O)NC(=Cc2cn(-c3ccccc3)nc2-c2ccc(Cl)cc2)C(=O)N2CCCC2)cc1. The van der Waals surface area contributed by atoms with Crippen LogP contribution in [-0.2, 0) is 4.79 Å². The molecule has 0 saturated carbocycles. The highest BCUT2D eigenvalue weighted by atomic mass is 35.5. The summed E-state index contributed by atoms with van der Waals surface area (Å²) < 4.78 is 1.77. The van der Waals surface area contributed by atoms with Crippen molar-refractivity contribution in [2.24, 2.45) is 0 Å². The average Bonchev–Trinajstić information content (AvgIpc) is 3.60. The van der Waals surface area contributed by atoms with Crippen LogP contribution in [0.5, 0.6) is 0 Å². The Morgan fingerprint density at radius 1 is 0.919 bits per heavy atom. The second-order valence-electron chi connectivity index (χ2n) is 9.10. The summed E-state index contributed by atoms with van der Waals surface area (Å²) in [6.45, 7) is 3.31. The van der Waals surface area contributed by atoms with Crippen LogP contribution in [0.2, 0.25) is 5.02 Å². The molecule has 2 amide bonds. The van der Waals surface area contributed by atoms with Gasteiger partial charge in [-0.2, -0.15) is 5.10 Å². The molecule has 2 heterocycles. The summed E-state index contributed by atoms with van der Waals surface area (Å²) in [7, 11) is 0. The van der Waals surface area contributed by atoms with Crippen LogP contribution in [0.25, 0.3) is 23.0 Å². The fourth-order valence-corrected chi connectivity index (χ4v) is 4.46. The van der Waals surface area contributed by atoms with E-state index in [-0.39, 0.29) is 17.5 Å². The van der Waals surface area contributed by atoms with Gasteiger partial charge in [0.05, 0.1) is 5.69 Å². The van der Waals surface area contributed by atoms with Crippen LogP contribution < -0.4 is 5.32 Å². The van der Waals surface area contributed by atoms with Crippen LogP contribution in [-0.4, -0.2) is 39.6 Å². The van der Waals surface area contributed by atoms with Crippen molar-refractivity contribution in [2.45, 2.75) is 19.8 Å². The van der Waals surface area contributed by atoms with Crippen LogP contribution in [0.4, 0.5) is 0 Å². The summed E-state index contributed by atoms with van der Waals surface area (Å²) in [6.07, 6.45) is 5.50. The molecule has 1 N–H and O–H groups in total. The summed E-state index contributed by atoms with van der Waals surface area (Å²) >= 11 is 6.13. The number of amides is 2. The Hall–Kier alpha value is -4.16. The molecule has 37 heavy (non-hydrogen) atoms. The highest BCUT2D eigenvalue weighted by Gasteiger charge is 2.24. The molecule has 0 unspecified atom stereocenters. The average molecular weight is 511 g/mol. The van der Waals surface area contributed by atoms with E-state index in [1.165, 1.54) is 0 Å². The van der Waals surface area contributed by atoms with Gasteiger partial charge in [-0.25, -0.2) is 4.68 Å². The largest absolute Gasteiger partial charge is 0.337 e. The number of carbonyl (C=O) groups excluding carboxylic acids is 2. The third-order valence-corrected chi connectivity index (χ3v) is 6.62. The van der Waals surface area contributed by atoms with Crippen molar-refractivity contribution >= 4 is 29.5 Å². The Kier molecular flexibility index (Phi) is 7.19. The summed E-state index contributed by atoms with van der Waals surface area (Å²) in [6, 6.07) is 24.4. The molecule has 1 saturated heterocycles. The lowest BCUT2D eigenvalue weighted by Gasteiger charge is -2.18. The predicted octanol–water partition coefficient (Wildman–Crippen LogP) is 5.89. The fourth-order valence-electron chi connectivity index (χ4n) is 4.33. The van der Waals surface area contributed by atoms with E-state index in [2.05, 4.69) is 5.32 Å². The molecule has 1 aliphatic heterocycles. The van der Waals surface area contributed by atoms with Crippen LogP contribution in [0.3, 0.4) is 0 Å². The Bertz CT molecular complexity index is 1440. The van der Waals surface area contributed by atoms with Gasteiger partial charge in [-0.05, 0) is 62.2 Å². The predicted molar refractivity (Wildman–Crippen MR) is 146 cm³/mol. The van der Waals surface area contributed by atoms with Crippen molar-refractivity contribution in [3.8, 4) is 16.9 Å². The topological polar surface area (TPSA) is 67.2 Å². The quantitative estimate of drug-likeness (QED) is 0.329. The molecule has 3 aromatic carbocycles. The van der Waals surface area contributed by atoms with Gasteiger partial charge in [-0.3, -0.25) is 9.59 Å². The summed E-state index contributed by atoms with van der Waals surface area (Å²) in [4.78, 5) is 28.5. The molecule has 1 aromatic heterocycles. The molecule has 1 fully saturated rings. The molecule has 6 nitrogen and oxygen atoms in total. The molecule has 0 aliphatic carbocycles. The van der Waals surface area contributed by atoms with Gasteiger partial charge in [0.25, 0.3) is 11.8 Å². The van der Waals surface area contributed by atoms with Crippen molar-refractivity contribution in [1.82, 2.24) is 20.0 Å². The third-order valence-electron chi connectivity index (χ3n) is 6.37. The zero-order valence-electron chi connectivity index (χ0n) is 20.5. The Morgan fingerprint density at radius 3 is 2.27 bits per heavy atom. The minimum atomic E-state index is -0.331. The van der Waals surface area contributed by atoms with Gasteiger partial charge in [-0.1, -0.05) is 59.6 Å². The second kappa shape index (κ2) is 10.8. The van der Waals surface area contributed by atoms with E-state index in [9.17, 15) is 9.59 Å². The maximum Gasteiger partial charge on any atom is 0.270 e. The molecule has 0 atom stereocenters. The van der Waals surface area contributed by atoms with Crippen LogP contribution >= 0.6 is 11.6 Å². The minimum absolute atomic E-state index is 0.201. The monoisotopic (exact) mass is 510 g/mol. The number of nitrogens with zero attached hydrogens (tertiary/aromatic N) is 3. The van der Waals surface area contributed by atoms with Crippen molar-refractivity contribution < 1.29 is 9.59 Å². The van der Waals surface area contributed by atoms with Gasteiger partial charge in [-0.15, -0.1) is 0 Å². The lowest BCUT2D eigenvalue weighted by atomic mass is 10.1. The first-order chi connectivity index (χ1) is 18.0. The zero-order valence-corrected chi connectivity index (χ0v) is 21.3. The Morgan fingerprint density at radius 2 is 1.59 bits per heavy atom. The van der Waals surface area contributed by atoms with E-state index >= 15 is 0 Å². The van der Waals surface area contributed by atoms with E-state index in [1.807, 2.05) is 67.7 Å². The van der Waals surface area contributed by atoms with E-state index in [1.54, 1.807) is 39.9 Å². The molecular formula is C30H27ClN4O2. The second-order valence-corrected chi connectivity index (χ2v) is 9.53. The Balaban J connectivity index is 1.59. The maximum atomic E-state index is 13.5. The first-order valence-corrected chi connectivity index (χ1v) is 12.7. The summed E-state index contributed by atoms with van der Waals surface area (Å²) in [5.41, 5.74) is 4.88. The molecular weight excluding hydrogens is 484 g/mol. The van der Waals surface area contributed by atoms with E-state index in [4.69, 9.17) is 16.7 Å². The summed E-state index contributed by atoms with van der Waals surface area (Å²) in [5.74, 6) is -0.533. The van der Waals surface area contributed by atoms with Crippen molar-refractivity contribution in [3.63, 3.8) is 0 Å². The van der Waals surface area contributed by atoms with E-state index < -0.39 is 0 Å². The number of hydrogen-bond donors (Lipinski definition) is 1. The molecule has 7 heteroatoms. The van der Waals surface area contributed by atoms with E-state index in [0.29, 0.717) is 34.9 Å². The van der Waals surface area contributed by atoms with Gasteiger partial charge in [0.1, 0.15) is 11.4 Å². The number of hydrogen-bond acceptors (Lipinski definition) is 3. The first-order valence-electron chi connectivity index (χ1n) is 12.3. The number of aromatic nitrogens is 2. The number of rotatable bonds is 6. The molecule has 186 valence electrons. The van der Waals surface area contributed by atoms with Gasteiger partial charge in [0.15, 0.2) is 0 Å². The number of aryl methyl sites for hydroxylation is 1. The van der Waals surface area contributed by atoms with Crippen molar-refractivity contribution in [2.75, 3.05) is 13.1 Å². The molecule has 5 rings (SSSR count). The van der Waals surface area contributed by atoms with E-state index in [0.717, 1.165) is 29.7 Å². The van der Waals surface area contributed by atoms with Crippen molar-refractivity contribution in [3.05, 3.63) is 112 Å². The highest BCUT2D eigenvalue weighted by Crippen LogP contribution is 2.27. The lowest BCUT2D eigenvalue weighted by molar-refractivity contribution is -0.126. The van der Waals surface area contributed by atoms with Gasteiger partial charge in [0.2, 0.25) is 0 Å². The van der Waals surface area contributed by atoms with Gasteiger partial charge in [0, 0.05) is 41.0 Å². The fraction of sp³-hybridized carbons (Fsp3) is 0.167. The number of para-hydroxylation sites is 1. The number of carbonyl (C=O) groups is 2. The number of benzene rings is 3. The maximum absolute atomic E-state index is 13.5. The van der Waals surface area contributed by atoms with Crippen LogP contribution in [0, 0.1) is 6.92 Å². The lowest BCUT2D eigenvalue weighted by Crippen LogP contribution is -2.36. The smallest absolute Gasteiger partial charge is 0.270 e. The molecule has 0 spiro atoms. The minimum Gasteiger partial charge on any atom is -0.337 e. The molecule has 4 aromatic rings. The Labute approximate surface area is 221 Å². The number of halogens is 1. The van der Waals surface area contributed by atoms with Crippen LogP contribution in [0.15, 0.2) is 90.8 Å². The normalized spacial score (nSPS) is 13.6. The first kappa shape index (κ1) is 24.5. The van der Waals surface area contributed by atoms with Gasteiger partial charge >= 0.3 is 0 Å². The molecule has 1 aliphatic rings. The number of nitrogens with one attached hydrogen (secondary N) is 1. The van der Waals surface area contributed by atoms with Crippen molar-refractivity contribution in [1.29, 1.82) is 0 Å².